The molecule has 0 saturated carbocycles. The van der Waals surface area contributed by atoms with E-state index in [-0.39, 0.29) is 17.4 Å². The number of carbonyl (C=O) groups is 1. The van der Waals surface area contributed by atoms with Crippen molar-refractivity contribution in [3.63, 3.8) is 0 Å². The second kappa shape index (κ2) is 5.68. The molecule has 1 atom stereocenters. The van der Waals surface area contributed by atoms with Gasteiger partial charge in [-0.05, 0) is 22.4 Å². The number of nitrogens with one attached hydrogen (secondary N) is 1. The monoisotopic (exact) mass is 340 g/mol. The molecule has 1 fully saturated rings. The molecule has 110 valence electrons. The van der Waals surface area contributed by atoms with Crippen LogP contribution in [0.2, 0.25) is 0 Å². The summed E-state index contributed by atoms with van der Waals surface area (Å²) in [5, 5.41) is 2.97. The Morgan fingerprint density at radius 2 is 2.15 bits per heavy atom. The predicted octanol–water partition coefficient (Wildman–Crippen LogP) is 2.25. The number of amides is 1. The molecule has 1 amide bonds. The van der Waals surface area contributed by atoms with Crippen molar-refractivity contribution in [2.75, 3.05) is 18.0 Å². The second-order valence-electron chi connectivity index (χ2n) is 6.25. The number of hydrogen-bond acceptors (Lipinski definition) is 4. The molecule has 0 radical (unpaired) electrons. The average Bonchev–Trinajstić information content (AvgIpc) is 2.74. The van der Waals surface area contributed by atoms with Gasteiger partial charge >= 0.3 is 0 Å². The lowest BCUT2D eigenvalue weighted by molar-refractivity contribution is -0.119. The SMILES string of the molecule is CC(=O)NC1CCN(c2cc(Br)nc(C(C)(C)C)n2)C1. The zero-order valence-electron chi connectivity index (χ0n) is 12.4. The Labute approximate surface area is 128 Å². The first kappa shape index (κ1) is 15.2. The fourth-order valence-corrected chi connectivity index (χ4v) is 2.65. The van der Waals surface area contributed by atoms with Gasteiger partial charge in [-0.2, -0.15) is 0 Å². The molecule has 2 rings (SSSR count). The summed E-state index contributed by atoms with van der Waals surface area (Å²) in [6.07, 6.45) is 0.950. The van der Waals surface area contributed by atoms with Gasteiger partial charge in [0.1, 0.15) is 16.2 Å². The van der Waals surface area contributed by atoms with Crippen molar-refractivity contribution in [3.05, 3.63) is 16.5 Å². The van der Waals surface area contributed by atoms with Gasteiger partial charge in [0.05, 0.1) is 0 Å². The van der Waals surface area contributed by atoms with Crippen LogP contribution in [0.15, 0.2) is 10.7 Å². The molecule has 1 saturated heterocycles. The molecule has 1 aromatic heterocycles. The smallest absolute Gasteiger partial charge is 0.217 e. The standard InChI is InChI=1S/C14H21BrN4O/c1-9(20)16-10-5-6-19(8-10)12-7-11(15)17-13(18-12)14(2,3)4/h7,10H,5-6,8H2,1-4H3,(H,16,20). The molecule has 20 heavy (non-hydrogen) atoms. The average molecular weight is 341 g/mol. The highest BCUT2D eigenvalue weighted by Gasteiger charge is 2.26. The maximum atomic E-state index is 11.1. The minimum absolute atomic E-state index is 0.0242. The molecular formula is C14H21BrN4O. The van der Waals surface area contributed by atoms with Crippen LogP contribution >= 0.6 is 15.9 Å². The van der Waals surface area contributed by atoms with E-state index in [1.807, 2.05) is 6.07 Å². The first-order chi connectivity index (χ1) is 9.25. The molecule has 1 N–H and O–H groups in total. The quantitative estimate of drug-likeness (QED) is 0.839. The van der Waals surface area contributed by atoms with Gasteiger partial charge in [-0.25, -0.2) is 9.97 Å². The number of aromatic nitrogens is 2. The molecule has 1 aliphatic rings. The summed E-state index contributed by atoms with van der Waals surface area (Å²) in [5.74, 6) is 1.77. The minimum Gasteiger partial charge on any atom is -0.354 e. The van der Waals surface area contributed by atoms with Crippen LogP contribution in [0.1, 0.15) is 39.9 Å². The normalized spacial score (nSPS) is 19.2. The van der Waals surface area contributed by atoms with Gasteiger partial charge in [0.25, 0.3) is 0 Å². The highest BCUT2D eigenvalue weighted by Crippen LogP contribution is 2.26. The van der Waals surface area contributed by atoms with Gasteiger partial charge in [0.15, 0.2) is 0 Å². The Balaban J connectivity index is 2.18. The first-order valence-electron chi connectivity index (χ1n) is 6.83. The van der Waals surface area contributed by atoms with E-state index >= 15 is 0 Å². The number of carbonyl (C=O) groups excluding carboxylic acids is 1. The highest BCUT2D eigenvalue weighted by molar-refractivity contribution is 9.10. The molecule has 0 bridgehead atoms. The summed E-state index contributed by atoms with van der Waals surface area (Å²) >= 11 is 3.46. The summed E-state index contributed by atoms with van der Waals surface area (Å²) in [7, 11) is 0. The van der Waals surface area contributed by atoms with Crippen molar-refractivity contribution in [1.29, 1.82) is 0 Å². The van der Waals surface area contributed by atoms with E-state index in [9.17, 15) is 4.79 Å². The van der Waals surface area contributed by atoms with Crippen LogP contribution in [0.25, 0.3) is 0 Å². The maximum absolute atomic E-state index is 11.1. The minimum atomic E-state index is -0.0880. The summed E-state index contributed by atoms with van der Waals surface area (Å²) in [4.78, 5) is 22.4. The summed E-state index contributed by atoms with van der Waals surface area (Å²) in [6, 6.07) is 2.14. The van der Waals surface area contributed by atoms with E-state index in [0.717, 1.165) is 35.8 Å². The fourth-order valence-electron chi connectivity index (χ4n) is 2.28. The molecule has 0 aliphatic carbocycles. The van der Waals surface area contributed by atoms with Crippen LogP contribution in [0, 0.1) is 0 Å². The van der Waals surface area contributed by atoms with E-state index in [1.54, 1.807) is 6.92 Å². The topological polar surface area (TPSA) is 58.1 Å². The lowest BCUT2D eigenvalue weighted by Crippen LogP contribution is -2.35. The zero-order valence-corrected chi connectivity index (χ0v) is 14.0. The Morgan fingerprint density at radius 1 is 1.45 bits per heavy atom. The Bertz CT molecular complexity index is 512. The largest absolute Gasteiger partial charge is 0.354 e. The van der Waals surface area contributed by atoms with Crippen molar-refractivity contribution < 1.29 is 4.79 Å². The lowest BCUT2D eigenvalue weighted by atomic mass is 9.96. The van der Waals surface area contributed by atoms with Gasteiger partial charge < -0.3 is 10.2 Å². The van der Waals surface area contributed by atoms with Crippen LogP contribution in [0.3, 0.4) is 0 Å². The third kappa shape index (κ3) is 3.69. The summed E-state index contributed by atoms with van der Waals surface area (Å²) < 4.78 is 0.801. The summed E-state index contributed by atoms with van der Waals surface area (Å²) in [6.45, 7) is 9.56. The van der Waals surface area contributed by atoms with Crippen molar-refractivity contribution in [3.8, 4) is 0 Å². The first-order valence-corrected chi connectivity index (χ1v) is 7.62. The van der Waals surface area contributed by atoms with Gasteiger partial charge in [-0.3, -0.25) is 4.79 Å². The van der Waals surface area contributed by atoms with Crippen LogP contribution < -0.4 is 10.2 Å². The Morgan fingerprint density at radius 3 is 2.75 bits per heavy atom. The van der Waals surface area contributed by atoms with E-state index in [4.69, 9.17) is 0 Å². The zero-order chi connectivity index (χ0) is 14.9. The van der Waals surface area contributed by atoms with Gasteiger partial charge in [0.2, 0.25) is 5.91 Å². The van der Waals surface area contributed by atoms with Gasteiger partial charge in [0, 0.05) is 37.5 Å². The molecule has 1 aromatic rings. The number of halogens is 1. The summed E-state index contributed by atoms with van der Waals surface area (Å²) in [5.41, 5.74) is -0.0880. The Kier molecular flexibility index (Phi) is 4.32. The van der Waals surface area contributed by atoms with Crippen molar-refractivity contribution in [2.45, 2.75) is 45.6 Å². The van der Waals surface area contributed by atoms with Crippen molar-refractivity contribution >= 4 is 27.7 Å². The molecular weight excluding hydrogens is 320 g/mol. The molecule has 1 aliphatic heterocycles. The number of rotatable bonds is 2. The van der Waals surface area contributed by atoms with E-state index in [0.29, 0.717) is 0 Å². The van der Waals surface area contributed by atoms with Crippen molar-refractivity contribution in [2.24, 2.45) is 0 Å². The highest BCUT2D eigenvalue weighted by atomic mass is 79.9. The van der Waals surface area contributed by atoms with Crippen LogP contribution in [-0.4, -0.2) is 35.0 Å². The molecule has 5 nitrogen and oxygen atoms in total. The van der Waals surface area contributed by atoms with Crippen LogP contribution in [0.5, 0.6) is 0 Å². The van der Waals surface area contributed by atoms with E-state index < -0.39 is 0 Å². The lowest BCUT2D eigenvalue weighted by Gasteiger charge is -2.22. The van der Waals surface area contributed by atoms with Crippen LogP contribution in [-0.2, 0) is 10.2 Å². The van der Waals surface area contributed by atoms with E-state index in [1.165, 1.54) is 0 Å². The molecule has 6 heteroatoms. The number of nitrogens with zero attached hydrogens (tertiary/aromatic N) is 3. The number of hydrogen-bond donors (Lipinski definition) is 1. The van der Waals surface area contributed by atoms with E-state index in [2.05, 4.69) is 56.9 Å². The van der Waals surface area contributed by atoms with Gasteiger partial charge in [-0.1, -0.05) is 20.8 Å². The second-order valence-corrected chi connectivity index (χ2v) is 7.07. The molecule has 1 unspecified atom stereocenters. The molecule has 2 heterocycles. The predicted molar refractivity (Wildman–Crippen MR) is 82.9 cm³/mol. The molecule has 0 aromatic carbocycles. The molecule has 0 spiro atoms. The fraction of sp³-hybridized carbons (Fsp3) is 0.643. The number of anilines is 1. The third-order valence-electron chi connectivity index (χ3n) is 3.27. The van der Waals surface area contributed by atoms with Crippen LogP contribution in [0.4, 0.5) is 5.82 Å². The van der Waals surface area contributed by atoms with Gasteiger partial charge in [-0.15, -0.1) is 0 Å². The maximum Gasteiger partial charge on any atom is 0.217 e. The van der Waals surface area contributed by atoms with Crippen molar-refractivity contribution in [1.82, 2.24) is 15.3 Å². The Hall–Kier alpha value is -1.17. The third-order valence-corrected chi connectivity index (χ3v) is 3.68.